The summed E-state index contributed by atoms with van der Waals surface area (Å²) in [4.78, 5) is 7.86. The minimum absolute atomic E-state index is 0.440. The normalized spacial score (nSPS) is 11.4. The second kappa shape index (κ2) is 5.58. The first-order valence-corrected chi connectivity index (χ1v) is 6.42. The Bertz CT molecular complexity index is 405. The lowest BCUT2D eigenvalue weighted by Crippen LogP contribution is -2.05. The molecule has 0 aliphatic carbocycles. The van der Waals surface area contributed by atoms with E-state index in [0.717, 1.165) is 23.3 Å². The van der Waals surface area contributed by atoms with Crippen molar-refractivity contribution in [3.63, 3.8) is 0 Å². The number of nitrogens with one attached hydrogen (secondary N) is 1. The average molecular weight is 238 g/mol. The van der Waals surface area contributed by atoms with Gasteiger partial charge >= 0.3 is 0 Å². The second-order valence-electron chi connectivity index (χ2n) is 5.11. The number of aryl methyl sites for hydroxylation is 2. The van der Waals surface area contributed by atoms with E-state index in [9.17, 15) is 0 Å². The lowest BCUT2D eigenvalue weighted by atomic mass is 10.0. The van der Waals surface area contributed by atoms with Gasteiger partial charge in [0.05, 0.1) is 0 Å². The maximum Gasteiger partial charge on any atom is 0.133 e. The Morgan fingerprint density at radius 1 is 1.25 bits per heavy atom. The Balaban J connectivity index is 2.96. The van der Waals surface area contributed by atoms with E-state index in [1.165, 1.54) is 11.3 Å². The predicted octanol–water partition coefficient (Wildman–Crippen LogP) is 4.16. The molecule has 3 heteroatoms. The third-order valence-electron chi connectivity index (χ3n) is 2.74. The van der Waals surface area contributed by atoms with E-state index in [1.807, 2.05) is 0 Å². The zero-order valence-electron chi connectivity index (χ0n) is 10.9. The zero-order valence-corrected chi connectivity index (χ0v) is 11.7. The van der Waals surface area contributed by atoms with Crippen LogP contribution in [0.1, 0.15) is 57.1 Å². The Kier molecular flexibility index (Phi) is 4.66. The Labute approximate surface area is 104 Å². The van der Waals surface area contributed by atoms with Crippen LogP contribution in [-0.4, -0.2) is 9.97 Å². The number of hydrogen-bond acceptors (Lipinski definition) is 2. The van der Waals surface area contributed by atoms with Crippen molar-refractivity contribution in [2.75, 3.05) is 0 Å². The molecule has 0 saturated carbocycles. The largest absolute Gasteiger partial charge is 0.347 e. The van der Waals surface area contributed by atoms with E-state index in [0.29, 0.717) is 11.8 Å². The van der Waals surface area contributed by atoms with Crippen molar-refractivity contribution in [2.24, 2.45) is 5.92 Å². The maximum absolute atomic E-state index is 5.35. The van der Waals surface area contributed by atoms with Crippen molar-refractivity contribution in [1.82, 2.24) is 9.97 Å². The molecule has 1 aromatic rings. The van der Waals surface area contributed by atoms with Crippen LogP contribution in [-0.2, 0) is 6.42 Å². The fraction of sp³-hybridized carbons (Fsp3) is 0.692. The quantitative estimate of drug-likeness (QED) is 0.798. The summed E-state index contributed by atoms with van der Waals surface area (Å²) in [5.74, 6) is 2.17. The lowest BCUT2D eigenvalue weighted by Gasteiger charge is -2.12. The summed E-state index contributed by atoms with van der Waals surface area (Å²) in [7, 11) is 0. The van der Waals surface area contributed by atoms with Gasteiger partial charge in [-0.05, 0) is 25.2 Å². The molecule has 0 bridgehead atoms. The number of aromatic amines is 1. The monoisotopic (exact) mass is 238 g/mol. The molecule has 16 heavy (non-hydrogen) atoms. The number of hydrogen-bond donors (Lipinski definition) is 1. The molecule has 0 saturated heterocycles. The molecule has 2 nitrogen and oxygen atoms in total. The molecular formula is C13H22N2S. The van der Waals surface area contributed by atoms with Gasteiger partial charge in [0.1, 0.15) is 10.5 Å². The van der Waals surface area contributed by atoms with E-state index < -0.39 is 0 Å². The maximum atomic E-state index is 5.35. The average Bonchev–Trinajstić information content (AvgIpc) is 2.12. The number of rotatable bonds is 4. The molecule has 0 aromatic carbocycles. The molecule has 0 aliphatic heterocycles. The van der Waals surface area contributed by atoms with Gasteiger partial charge in [0.2, 0.25) is 0 Å². The van der Waals surface area contributed by atoms with E-state index in [-0.39, 0.29) is 0 Å². The number of aromatic nitrogens is 2. The molecule has 90 valence electrons. The lowest BCUT2D eigenvalue weighted by molar-refractivity contribution is 0.572. The summed E-state index contributed by atoms with van der Waals surface area (Å²) in [6.45, 7) is 10.8. The van der Waals surface area contributed by atoms with Crippen LogP contribution in [0.25, 0.3) is 0 Å². The van der Waals surface area contributed by atoms with Gasteiger partial charge in [0, 0.05) is 17.7 Å². The molecular weight excluding hydrogens is 216 g/mol. The van der Waals surface area contributed by atoms with Crippen molar-refractivity contribution in [1.29, 1.82) is 0 Å². The smallest absolute Gasteiger partial charge is 0.133 e. The molecule has 1 rings (SSSR count). The van der Waals surface area contributed by atoms with Crippen molar-refractivity contribution >= 4 is 12.2 Å². The number of H-pyrrole nitrogens is 1. The first-order chi connectivity index (χ1) is 7.41. The molecule has 0 fully saturated rings. The Morgan fingerprint density at radius 2 is 1.88 bits per heavy atom. The summed E-state index contributed by atoms with van der Waals surface area (Å²) in [5, 5.41) is 0. The van der Waals surface area contributed by atoms with Crippen LogP contribution in [0.4, 0.5) is 0 Å². The molecule has 0 spiro atoms. The Hall–Kier alpha value is -0.700. The molecule has 0 radical (unpaired) electrons. The highest BCUT2D eigenvalue weighted by Crippen LogP contribution is 2.18. The van der Waals surface area contributed by atoms with Gasteiger partial charge in [-0.1, -0.05) is 39.9 Å². The van der Waals surface area contributed by atoms with Crippen molar-refractivity contribution in [3.05, 3.63) is 21.7 Å². The standard InChI is InChI=1S/C13H22N2S/c1-8(2)6-7-11-14-10(5)12(9(3)4)13(16)15-11/h8-9H,6-7H2,1-5H3,(H,14,15,16). The molecule has 1 heterocycles. The first kappa shape index (κ1) is 13.4. The van der Waals surface area contributed by atoms with E-state index in [2.05, 4.69) is 44.6 Å². The highest BCUT2D eigenvalue weighted by molar-refractivity contribution is 7.71. The van der Waals surface area contributed by atoms with Crippen molar-refractivity contribution < 1.29 is 0 Å². The summed E-state index contributed by atoms with van der Waals surface area (Å²) in [5.41, 5.74) is 2.36. The van der Waals surface area contributed by atoms with E-state index in [4.69, 9.17) is 12.2 Å². The van der Waals surface area contributed by atoms with Crippen LogP contribution in [0.5, 0.6) is 0 Å². The van der Waals surface area contributed by atoms with Gasteiger partial charge in [-0.15, -0.1) is 0 Å². The van der Waals surface area contributed by atoms with Crippen LogP contribution in [0.3, 0.4) is 0 Å². The molecule has 0 amide bonds. The van der Waals surface area contributed by atoms with Gasteiger partial charge < -0.3 is 4.98 Å². The minimum atomic E-state index is 0.440. The Morgan fingerprint density at radius 3 is 2.31 bits per heavy atom. The third-order valence-corrected chi connectivity index (χ3v) is 3.05. The van der Waals surface area contributed by atoms with E-state index in [1.54, 1.807) is 0 Å². The van der Waals surface area contributed by atoms with E-state index >= 15 is 0 Å². The third kappa shape index (κ3) is 3.41. The predicted molar refractivity (Wildman–Crippen MR) is 71.4 cm³/mol. The van der Waals surface area contributed by atoms with Gasteiger partial charge in [0.15, 0.2) is 0 Å². The van der Waals surface area contributed by atoms with Gasteiger partial charge in [-0.2, -0.15) is 0 Å². The molecule has 0 aliphatic rings. The van der Waals surface area contributed by atoms with Crippen LogP contribution in [0.15, 0.2) is 0 Å². The molecule has 1 N–H and O–H groups in total. The fourth-order valence-corrected chi connectivity index (χ4v) is 2.38. The zero-order chi connectivity index (χ0) is 12.3. The SMILES string of the molecule is Cc1[nH]c(CCC(C)C)nc(=S)c1C(C)C. The van der Waals surface area contributed by atoms with Gasteiger partial charge in [0.25, 0.3) is 0 Å². The summed E-state index contributed by atoms with van der Waals surface area (Å²) < 4.78 is 0.769. The molecule has 0 unspecified atom stereocenters. The van der Waals surface area contributed by atoms with Crippen LogP contribution >= 0.6 is 12.2 Å². The van der Waals surface area contributed by atoms with Crippen LogP contribution in [0.2, 0.25) is 0 Å². The van der Waals surface area contributed by atoms with Crippen LogP contribution in [0, 0.1) is 17.5 Å². The van der Waals surface area contributed by atoms with Gasteiger partial charge in [-0.3, -0.25) is 0 Å². The highest BCUT2D eigenvalue weighted by Gasteiger charge is 2.09. The fourth-order valence-electron chi connectivity index (χ4n) is 1.88. The number of nitrogens with zero attached hydrogens (tertiary/aromatic N) is 1. The van der Waals surface area contributed by atoms with Gasteiger partial charge in [-0.25, -0.2) is 4.98 Å². The van der Waals surface area contributed by atoms with Crippen molar-refractivity contribution in [3.8, 4) is 0 Å². The van der Waals surface area contributed by atoms with Crippen LogP contribution < -0.4 is 0 Å². The summed E-state index contributed by atoms with van der Waals surface area (Å²) in [6.07, 6.45) is 2.14. The summed E-state index contributed by atoms with van der Waals surface area (Å²) >= 11 is 5.35. The highest BCUT2D eigenvalue weighted by atomic mass is 32.1. The van der Waals surface area contributed by atoms with Crippen molar-refractivity contribution in [2.45, 2.75) is 53.4 Å². The first-order valence-electron chi connectivity index (χ1n) is 6.01. The summed E-state index contributed by atoms with van der Waals surface area (Å²) in [6, 6.07) is 0. The topological polar surface area (TPSA) is 28.7 Å². The molecule has 0 atom stereocenters. The molecule has 1 aromatic heterocycles. The minimum Gasteiger partial charge on any atom is -0.347 e. The second-order valence-corrected chi connectivity index (χ2v) is 5.50.